The molecule has 382 valence electrons. The van der Waals surface area contributed by atoms with Gasteiger partial charge in [-0.15, -0.1) is 23.8 Å². The molecule has 0 amide bonds. The first-order valence-electron chi connectivity index (χ1n) is 25.4. The molecule has 0 bridgehead atoms. The van der Waals surface area contributed by atoms with Crippen LogP contribution in [-0.4, -0.2) is 39.3 Å². The van der Waals surface area contributed by atoms with Crippen LogP contribution in [0.2, 0.25) is 0 Å². The van der Waals surface area contributed by atoms with Crippen molar-refractivity contribution < 1.29 is 40.8 Å². The molecule has 8 aromatic carbocycles. The van der Waals surface area contributed by atoms with Crippen LogP contribution in [0.4, 0.5) is 0 Å². The van der Waals surface area contributed by atoms with Crippen LogP contribution < -0.4 is 9.47 Å². The Labute approximate surface area is 469 Å². The van der Waals surface area contributed by atoms with Crippen LogP contribution in [0.15, 0.2) is 261 Å². The number of nitrogens with zero attached hydrogens (tertiary/aromatic N) is 6. The van der Waals surface area contributed by atoms with Gasteiger partial charge in [0.05, 0.1) is 28.1 Å². The van der Waals surface area contributed by atoms with Crippen molar-refractivity contribution in [2.24, 2.45) is 0 Å². The van der Waals surface area contributed by atoms with Gasteiger partial charge in [-0.2, -0.15) is 0 Å². The Morgan fingerprint density at radius 1 is 0.367 bits per heavy atom. The SMILES string of the molecule is Oc1ccccc1-n1c2ccccc2c2ccc(-c3[c-]c(Oc4cc(-c5ccccc5)ccn4)ccc3)nc21.Oc1ccccc1-n1c2ccccc2c2ccc(-c3cccc(Oc4cc(-c5ccccc5)ccn4)c3)nc21.[Pt]. The van der Waals surface area contributed by atoms with Crippen molar-refractivity contribution in [3.63, 3.8) is 0 Å². The maximum absolute atomic E-state index is 10.7. The molecule has 0 aliphatic carbocycles. The smallest absolute Gasteiger partial charge is 0.219 e. The molecule has 0 unspecified atom stereocenters. The molecular formula is C68H45N6O4Pt-. The first kappa shape index (κ1) is 49.7. The quantitative estimate of drug-likeness (QED) is 0.130. The van der Waals surface area contributed by atoms with E-state index >= 15 is 0 Å². The fourth-order valence-electron chi connectivity index (χ4n) is 9.94. The summed E-state index contributed by atoms with van der Waals surface area (Å²) in [4.78, 5) is 18.9. The van der Waals surface area contributed by atoms with Crippen LogP contribution in [0, 0.1) is 6.07 Å². The number of rotatable bonds is 10. The maximum atomic E-state index is 10.7. The minimum Gasteiger partial charge on any atom is -0.506 e. The molecule has 0 saturated heterocycles. The molecule has 11 heteroatoms. The number of para-hydroxylation sites is 6. The summed E-state index contributed by atoms with van der Waals surface area (Å²) < 4.78 is 16.3. The number of fused-ring (bicyclic) bond motifs is 6. The average molecular weight is 1210 g/mol. The van der Waals surface area contributed by atoms with Gasteiger partial charge >= 0.3 is 0 Å². The fourth-order valence-corrected chi connectivity index (χ4v) is 9.94. The van der Waals surface area contributed by atoms with E-state index in [1.807, 2.05) is 197 Å². The molecule has 0 spiro atoms. The summed E-state index contributed by atoms with van der Waals surface area (Å²) in [6, 6.07) is 84.2. The predicted molar refractivity (Wildman–Crippen MR) is 310 cm³/mol. The van der Waals surface area contributed by atoms with E-state index in [1.54, 1.807) is 24.5 Å². The van der Waals surface area contributed by atoms with E-state index in [1.165, 1.54) is 0 Å². The number of pyridine rings is 4. The normalized spacial score (nSPS) is 11.0. The van der Waals surface area contributed by atoms with Gasteiger partial charge in [-0.25, -0.2) is 15.0 Å². The second-order valence-electron chi connectivity index (χ2n) is 18.5. The Hall–Kier alpha value is -10.2. The van der Waals surface area contributed by atoms with E-state index in [0.717, 1.165) is 88.6 Å². The summed E-state index contributed by atoms with van der Waals surface area (Å²) in [5, 5.41) is 25.5. The van der Waals surface area contributed by atoms with Gasteiger partial charge in [-0.05, 0) is 101 Å². The van der Waals surface area contributed by atoms with Gasteiger partial charge in [-0.3, -0.25) is 14.1 Å². The number of benzene rings is 8. The number of ether oxygens (including phenoxy) is 2. The number of phenolic OH excluding ortho intramolecular Hbond substituents is 2. The zero-order valence-electron chi connectivity index (χ0n) is 42.0. The fraction of sp³-hybridized carbons (Fsp3) is 0. The van der Waals surface area contributed by atoms with Crippen molar-refractivity contribution in [1.29, 1.82) is 0 Å². The van der Waals surface area contributed by atoms with Crippen LogP contribution in [-0.2, 0) is 21.1 Å². The van der Waals surface area contributed by atoms with Crippen LogP contribution in [0.3, 0.4) is 0 Å². The molecule has 14 aromatic rings. The molecule has 0 aliphatic heterocycles. The van der Waals surface area contributed by atoms with E-state index in [9.17, 15) is 10.2 Å². The number of aromatic hydroxyl groups is 2. The third kappa shape index (κ3) is 9.96. The Bertz CT molecular complexity index is 4220. The molecule has 0 saturated carbocycles. The van der Waals surface area contributed by atoms with E-state index in [0.29, 0.717) is 34.6 Å². The molecule has 0 aliphatic rings. The summed E-state index contributed by atoms with van der Waals surface area (Å²) >= 11 is 0. The number of aromatic nitrogens is 6. The monoisotopic (exact) mass is 1200 g/mol. The first-order chi connectivity index (χ1) is 38.5. The van der Waals surface area contributed by atoms with E-state index < -0.39 is 0 Å². The number of phenols is 2. The van der Waals surface area contributed by atoms with Gasteiger partial charge in [0.25, 0.3) is 0 Å². The Morgan fingerprint density at radius 2 is 0.848 bits per heavy atom. The van der Waals surface area contributed by atoms with Crippen LogP contribution in [0.1, 0.15) is 0 Å². The number of hydrogen-bond acceptors (Lipinski definition) is 8. The van der Waals surface area contributed by atoms with Crippen molar-refractivity contribution in [2.75, 3.05) is 0 Å². The van der Waals surface area contributed by atoms with Crippen molar-refractivity contribution in [1.82, 2.24) is 29.1 Å². The maximum Gasteiger partial charge on any atom is 0.219 e. The molecule has 2 N–H and O–H groups in total. The second-order valence-corrected chi connectivity index (χ2v) is 18.5. The molecule has 0 radical (unpaired) electrons. The molecule has 10 nitrogen and oxygen atoms in total. The van der Waals surface area contributed by atoms with Gasteiger partial charge in [0, 0.05) is 78.4 Å². The predicted octanol–water partition coefficient (Wildman–Crippen LogP) is 16.6. The minimum atomic E-state index is 0. The zero-order chi connectivity index (χ0) is 52.4. The van der Waals surface area contributed by atoms with Gasteiger partial charge in [0.15, 0.2) is 0 Å². The van der Waals surface area contributed by atoms with Crippen molar-refractivity contribution in [3.8, 4) is 90.9 Å². The molecule has 0 atom stereocenters. The van der Waals surface area contributed by atoms with Crippen LogP contribution >= 0.6 is 0 Å². The summed E-state index contributed by atoms with van der Waals surface area (Å²) in [7, 11) is 0. The minimum absolute atomic E-state index is 0. The zero-order valence-corrected chi connectivity index (χ0v) is 44.3. The van der Waals surface area contributed by atoms with Crippen LogP contribution in [0.5, 0.6) is 34.8 Å². The van der Waals surface area contributed by atoms with E-state index in [4.69, 9.17) is 19.4 Å². The molecule has 6 aromatic heterocycles. The van der Waals surface area contributed by atoms with Crippen molar-refractivity contribution in [2.45, 2.75) is 0 Å². The molecule has 6 heterocycles. The van der Waals surface area contributed by atoms with Gasteiger partial charge in [0.1, 0.15) is 28.5 Å². The molecule has 14 rings (SSSR count). The largest absolute Gasteiger partial charge is 0.506 e. The summed E-state index contributed by atoms with van der Waals surface area (Å²) in [6.07, 6.45) is 3.50. The Morgan fingerprint density at radius 3 is 1.43 bits per heavy atom. The summed E-state index contributed by atoms with van der Waals surface area (Å²) in [5.41, 5.74) is 12.4. The summed E-state index contributed by atoms with van der Waals surface area (Å²) in [6.45, 7) is 0. The second kappa shape index (κ2) is 21.8. The summed E-state index contributed by atoms with van der Waals surface area (Å²) in [5.74, 6) is 2.64. The van der Waals surface area contributed by atoms with Gasteiger partial charge < -0.3 is 19.7 Å². The van der Waals surface area contributed by atoms with Crippen LogP contribution in [0.25, 0.3) is 100 Å². The van der Waals surface area contributed by atoms with Crippen molar-refractivity contribution in [3.05, 3.63) is 267 Å². The Balaban J connectivity index is 0.000000156. The number of hydrogen-bond donors (Lipinski definition) is 2. The van der Waals surface area contributed by atoms with E-state index in [-0.39, 0.29) is 32.6 Å². The van der Waals surface area contributed by atoms with Gasteiger partial charge in [0.2, 0.25) is 11.8 Å². The van der Waals surface area contributed by atoms with Gasteiger partial charge in [-0.1, -0.05) is 152 Å². The van der Waals surface area contributed by atoms with Crippen molar-refractivity contribution >= 4 is 43.9 Å². The standard InChI is InChI=1S/C34H23N3O2.C34H22N3O2.Pt/c2*38-32-16-7-6-15-31(32)37-30-14-5-4-13-27(30)28-17-18-29(36-34(28)37)25-11-8-12-26(21-25)39-33-22-24(19-20-35-33)23-9-2-1-3-10-23;/h1-22,38H;1-20,22,38H;/q;-1;. The van der Waals surface area contributed by atoms with E-state index in [2.05, 4.69) is 64.6 Å². The first-order valence-corrected chi connectivity index (χ1v) is 25.4. The third-order valence-corrected chi connectivity index (χ3v) is 13.6. The molecular weight excluding hydrogens is 1160 g/mol. The molecule has 79 heavy (non-hydrogen) atoms. The Kier molecular flexibility index (Phi) is 13.7. The average Bonchev–Trinajstić information content (AvgIpc) is 4.25. The third-order valence-electron chi connectivity index (χ3n) is 13.6. The molecule has 0 fully saturated rings. The topological polar surface area (TPSA) is 120 Å².